The van der Waals surface area contributed by atoms with Crippen LogP contribution in [0, 0.1) is 0 Å². The molecule has 0 radical (unpaired) electrons. The Balaban J connectivity index is 2.57. The van der Waals surface area contributed by atoms with Crippen molar-refractivity contribution in [2.24, 2.45) is 0 Å². The van der Waals surface area contributed by atoms with Gasteiger partial charge in [-0.05, 0) is 41.0 Å². The summed E-state index contributed by atoms with van der Waals surface area (Å²) in [5, 5.41) is 2.13. The summed E-state index contributed by atoms with van der Waals surface area (Å²) in [6, 6.07) is 11.7. The second kappa shape index (κ2) is 5.76. The summed E-state index contributed by atoms with van der Waals surface area (Å²) in [6.45, 7) is 10.9. The molecule has 0 aliphatic carbocycles. The quantitative estimate of drug-likeness (QED) is 0.590. The maximum Gasteiger partial charge on any atom is 0.341 e. The van der Waals surface area contributed by atoms with Gasteiger partial charge in [0.05, 0.1) is 7.11 Å². The monoisotopic (exact) mass is 316 g/mol. The third-order valence-corrected chi connectivity index (χ3v) is 8.77. The van der Waals surface area contributed by atoms with Crippen LogP contribution in [-0.2, 0) is 4.74 Å². The Morgan fingerprint density at radius 1 is 1.05 bits per heavy atom. The molecule has 0 bridgehead atoms. The lowest BCUT2D eigenvalue weighted by molar-refractivity contribution is 0.0598. The molecule has 0 amide bonds. The molecule has 0 saturated carbocycles. The highest BCUT2D eigenvalue weighted by Gasteiger charge is 2.39. The molecular formula is C18H24O3Si. The summed E-state index contributed by atoms with van der Waals surface area (Å²) >= 11 is 0. The molecule has 0 saturated heterocycles. The number of carbonyl (C=O) groups is 1. The van der Waals surface area contributed by atoms with Gasteiger partial charge >= 0.3 is 5.97 Å². The highest BCUT2D eigenvalue weighted by Crippen LogP contribution is 2.39. The normalized spacial score (nSPS) is 12.3. The standard InChI is InChI=1S/C18H24O3Si/c1-18(2,3)22(5,6)21-16-12-14-10-8-7-9-13(14)11-15(16)17(19)20-4/h7-12H,1-6H3. The molecule has 3 nitrogen and oxygen atoms in total. The molecule has 2 rings (SSSR count). The highest BCUT2D eigenvalue weighted by atomic mass is 28.4. The van der Waals surface area contributed by atoms with Crippen LogP contribution < -0.4 is 4.43 Å². The number of rotatable bonds is 3. The highest BCUT2D eigenvalue weighted by molar-refractivity contribution is 6.74. The van der Waals surface area contributed by atoms with E-state index in [4.69, 9.17) is 9.16 Å². The van der Waals surface area contributed by atoms with Crippen LogP contribution in [0.2, 0.25) is 18.1 Å². The smallest absolute Gasteiger partial charge is 0.341 e. The van der Waals surface area contributed by atoms with Crippen LogP contribution in [0.15, 0.2) is 36.4 Å². The predicted molar refractivity (Wildman–Crippen MR) is 93.1 cm³/mol. The molecule has 118 valence electrons. The second-order valence-corrected chi connectivity index (χ2v) is 11.8. The molecule has 0 aliphatic rings. The predicted octanol–water partition coefficient (Wildman–Crippen LogP) is 5.01. The van der Waals surface area contributed by atoms with Crippen LogP contribution in [0.25, 0.3) is 10.8 Å². The number of ether oxygens (including phenoxy) is 1. The molecule has 22 heavy (non-hydrogen) atoms. The maximum absolute atomic E-state index is 12.1. The Bertz CT molecular complexity index is 699. The SMILES string of the molecule is COC(=O)c1cc2ccccc2cc1O[Si](C)(C)C(C)(C)C. The van der Waals surface area contributed by atoms with Gasteiger partial charge in [-0.2, -0.15) is 0 Å². The van der Waals surface area contributed by atoms with Gasteiger partial charge in [0.1, 0.15) is 11.3 Å². The number of benzene rings is 2. The molecule has 0 fully saturated rings. The minimum absolute atomic E-state index is 0.0615. The van der Waals surface area contributed by atoms with Crippen LogP contribution in [0.5, 0.6) is 5.75 Å². The van der Waals surface area contributed by atoms with Crippen LogP contribution in [0.4, 0.5) is 0 Å². The van der Waals surface area contributed by atoms with Crippen molar-refractivity contribution in [2.45, 2.75) is 38.9 Å². The minimum atomic E-state index is -2.03. The van der Waals surface area contributed by atoms with Gasteiger partial charge in [0, 0.05) is 0 Å². The minimum Gasteiger partial charge on any atom is -0.543 e. The maximum atomic E-state index is 12.1. The van der Waals surface area contributed by atoms with Gasteiger partial charge < -0.3 is 9.16 Å². The summed E-state index contributed by atoms with van der Waals surface area (Å²) in [4.78, 5) is 12.1. The van der Waals surface area contributed by atoms with E-state index in [-0.39, 0.29) is 11.0 Å². The van der Waals surface area contributed by atoms with Crippen LogP contribution in [0.1, 0.15) is 31.1 Å². The first kappa shape index (κ1) is 16.6. The summed E-state index contributed by atoms with van der Waals surface area (Å²) in [5.74, 6) is 0.261. The Labute approximate surface area is 133 Å². The first-order chi connectivity index (χ1) is 10.2. The fraction of sp³-hybridized carbons (Fsp3) is 0.389. The van der Waals surface area contributed by atoms with Crippen LogP contribution in [-0.4, -0.2) is 21.4 Å². The van der Waals surface area contributed by atoms with Crippen molar-refractivity contribution in [2.75, 3.05) is 7.11 Å². The van der Waals surface area contributed by atoms with Crippen molar-refractivity contribution in [3.05, 3.63) is 42.0 Å². The zero-order valence-corrected chi connectivity index (χ0v) is 15.2. The Kier molecular flexibility index (Phi) is 4.34. The number of methoxy groups -OCH3 is 1. The molecule has 0 unspecified atom stereocenters. The average Bonchev–Trinajstić information content (AvgIpc) is 2.44. The molecule has 2 aromatic rings. The third kappa shape index (κ3) is 3.17. The van der Waals surface area contributed by atoms with Gasteiger partial charge in [0.25, 0.3) is 8.32 Å². The van der Waals surface area contributed by atoms with E-state index in [1.807, 2.05) is 36.4 Å². The summed E-state index contributed by atoms with van der Waals surface area (Å²) in [5.41, 5.74) is 0.492. The van der Waals surface area contributed by atoms with E-state index < -0.39 is 8.32 Å². The molecular weight excluding hydrogens is 292 g/mol. The van der Waals surface area contributed by atoms with E-state index in [0.29, 0.717) is 11.3 Å². The average molecular weight is 316 g/mol. The first-order valence-corrected chi connectivity index (χ1v) is 10.4. The van der Waals surface area contributed by atoms with E-state index in [1.54, 1.807) is 0 Å². The van der Waals surface area contributed by atoms with E-state index in [1.165, 1.54) is 7.11 Å². The Morgan fingerprint density at radius 3 is 2.09 bits per heavy atom. The van der Waals surface area contributed by atoms with Crippen molar-refractivity contribution in [3.8, 4) is 5.75 Å². The van der Waals surface area contributed by atoms with E-state index in [9.17, 15) is 4.79 Å². The number of hydrogen-bond donors (Lipinski definition) is 0. The van der Waals surface area contributed by atoms with E-state index >= 15 is 0 Å². The Hall–Kier alpha value is -1.81. The molecule has 0 atom stereocenters. The zero-order chi connectivity index (χ0) is 16.5. The molecule has 0 spiro atoms. The molecule has 0 heterocycles. The van der Waals surface area contributed by atoms with Crippen LogP contribution >= 0.6 is 0 Å². The molecule has 4 heteroatoms. The Morgan fingerprint density at radius 2 is 1.59 bits per heavy atom. The second-order valence-electron chi connectivity index (χ2n) is 7.05. The number of carbonyl (C=O) groups excluding carboxylic acids is 1. The van der Waals surface area contributed by atoms with Gasteiger partial charge in [-0.3, -0.25) is 0 Å². The van der Waals surface area contributed by atoms with Gasteiger partial charge in [0.2, 0.25) is 0 Å². The lowest BCUT2D eigenvalue weighted by Gasteiger charge is -2.37. The number of fused-ring (bicyclic) bond motifs is 1. The topological polar surface area (TPSA) is 35.5 Å². The van der Waals surface area contributed by atoms with Crippen molar-refractivity contribution in [1.82, 2.24) is 0 Å². The van der Waals surface area contributed by atoms with E-state index in [2.05, 4.69) is 33.9 Å². The number of esters is 1. The van der Waals surface area contributed by atoms with Gasteiger partial charge in [-0.25, -0.2) is 4.79 Å². The number of hydrogen-bond acceptors (Lipinski definition) is 3. The molecule has 0 N–H and O–H groups in total. The fourth-order valence-electron chi connectivity index (χ4n) is 2.00. The van der Waals surface area contributed by atoms with Crippen molar-refractivity contribution in [3.63, 3.8) is 0 Å². The molecule has 0 aromatic heterocycles. The first-order valence-electron chi connectivity index (χ1n) is 7.46. The summed E-state index contributed by atoms with van der Waals surface area (Å²) in [6.07, 6.45) is 0. The zero-order valence-electron chi connectivity index (χ0n) is 14.2. The molecule has 2 aromatic carbocycles. The molecule has 0 aliphatic heterocycles. The van der Waals surface area contributed by atoms with E-state index in [0.717, 1.165) is 10.8 Å². The van der Waals surface area contributed by atoms with Crippen molar-refractivity contribution < 1.29 is 14.0 Å². The fourth-order valence-corrected chi connectivity index (χ4v) is 3.03. The van der Waals surface area contributed by atoms with Gasteiger partial charge in [-0.15, -0.1) is 0 Å². The third-order valence-electron chi connectivity index (χ3n) is 4.42. The van der Waals surface area contributed by atoms with Crippen molar-refractivity contribution in [1.29, 1.82) is 0 Å². The van der Waals surface area contributed by atoms with Crippen LogP contribution in [0.3, 0.4) is 0 Å². The lowest BCUT2D eigenvalue weighted by atomic mass is 10.1. The lowest BCUT2D eigenvalue weighted by Crippen LogP contribution is -2.44. The largest absolute Gasteiger partial charge is 0.543 e. The summed E-state index contributed by atoms with van der Waals surface area (Å²) in [7, 11) is -0.634. The van der Waals surface area contributed by atoms with Gasteiger partial charge in [-0.1, -0.05) is 45.0 Å². The van der Waals surface area contributed by atoms with Gasteiger partial charge in [0.15, 0.2) is 0 Å². The summed E-state index contributed by atoms with van der Waals surface area (Å²) < 4.78 is 11.3. The van der Waals surface area contributed by atoms with Crippen molar-refractivity contribution >= 4 is 25.1 Å².